The molecule has 1 aliphatic heterocycles. The van der Waals surface area contributed by atoms with E-state index < -0.39 is 0 Å². The maximum Gasteiger partial charge on any atom is 0.277 e. The SMILES string of the molecule is CCOc1ccc(C(C)=O)cc1CSc1nnc(-c2ccc3c(c2)OCO3)o1. The molecule has 0 aliphatic carbocycles. The van der Waals surface area contributed by atoms with Gasteiger partial charge in [-0.3, -0.25) is 4.79 Å². The Balaban J connectivity index is 1.50. The molecule has 0 atom stereocenters. The van der Waals surface area contributed by atoms with Crippen LogP contribution >= 0.6 is 11.8 Å². The molecule has 0 spiro atoms. The average molecular weight is 398 g/mol. The Labute approximate surface area is 166 Å². The molecule has 0 fully saturated rings. The van der Waals surface area contributed by atoms with Crippen molar-refractivity contribution < 1.29 is 23.4 Å². The fourth-order valence-corrected chi connectivity index (χ4v) is 3.50. The molecule has 2 aromatic carbocycles. The van der Waals surface area contributed by atoms with Crippen molar-refractivity contribution in [3.8, 4) is 28.7 Å². The summed E-state index contributed by atoms with van der Waals surface area (Å²) < 4.78 is 22.1. The normalized spacial score (nSPS) is 12.2. The Morgan fingerprint density at radius 1 is 1.14 bits per heavy atom. The van der Waals surface area contributed by atoms with E-state index in [1.54, 1.807) is 13.0 Å². The minimum absolute atomic E-state index is 0.0113. The largest absolute Gasteiger partial charge is 0.494 e. The number of benzene rings is 2. The predicted octanol–water partition coefficient (Wildman–Crippen LogP) is 4.36. The second-order valence-corrected chi connectivity index (χ2v) is 6.97. The lowest BCUT2D eigenvalue weighted by Crippen LogP contribution is -1.99. The summed E-state index contributed by atoms with van der Waals surface area (Å²) in [7, 11) is 0. The lowest BCUT2D eigenvalue weighted by Gasteiger charge is -2.10. The molecule has 1 aliphatic rings. The number of ether oxygens (including phenoxy) is 3. The van der Waals surface area contributed by atoms with Crippen LogP contribution in [0.15, 0.2) is 46.0 Å². The van der Waals surface area contributed by atoms with Gasteiger partial charge in [0.05, 0.1) is 6.61 Å². The van der Waals surface area contributed by atoms with Crippen molar-refractivity contribution >= 4 is 17.5 Å². The first-order valence-electron chi connectivity index (χ1n) is 8.77. The fraction of sp³-hybridized carbons (Fsp3) is 0.250. The van der Waals surface area contributed by atoms with E-state index >= 15 is 0 Å². The number of nitrogens with zero attached hydrogens (tertiary/aromatic N) is 2. The van der Waals surface area contributed by atoms with Crippen molar-refractivity contribution in [2.24, 2.45) is 0 Å². The molecule has 144 valence electrons. The van der Waals surface area contributed by atoms with E-state index in [1.165, 1.54) is 11.8 Å². The lowest BCUT2D eigenvalue weighted by molar-refractivity contribution is 0.101. The van der Waals surface area contributed by atoms with E-state index in [0.29, 0.717) is 40.5 Å². The highest BCUT2D eigenvalue weighted by atomic mass is 32.2. The molecule has 28 heavy (non-hydrogen) atoms. The molecule has 0 saturated heterocycles. The fourth-order valence-electron chi connectivity index (χ4n) is 2.76. The number of rotatable bonds is 7. The van der Waals surface area contributed by atoms with Crippen LogP contribution in [0.1, 0.15) is 29.8 Å². The molecular weight excluding hydrogens is 380 g/mol. The van der Waals surface area contributed by atoms with Gasteiger partial charge in [-0.25, -0.2) is 0 Å². The first-order valence-corrected chi connectivity index (χ1v) is 9.75. The van der Waals surface area contributed by atoms with Crippen LogP contribution in [-0.4, -0.2) is 29.4 Å². The minimum atomic E-state index is 0.0113. The van der Waals surface area contributed by atoms with Gasteiger partial charge in [-0.05, 0) is 50.2 Å². The quantitative estimate of drug-likeness (QED) is 0.429. The van der Waals surface area contributed by atoms with Gasteiger partial charge in [-0.1, -0.05) is 11.8 Å². The van der Waals surface area contributed by atoms with E-state index in [9.17, 15) is 4.79 Å². The minimum Gasteiger partial charge on any atom is -0.494 e. The van der Waals surface area contributed by atoms with Crippen LogP contribution in [0.25, 0.3) is 11.5 Å². The molecule has 0 amide bonds. The monoisotopic (exact) mass is 398 g/mol. The topological polar surface area (TPSA) is 83.7 Å². The van der Waals surface area contributed by atoms with Crippen molar-refractivity contribution in [1.29, 1.82) is 0 Å². The first kappa shape index (κ1) is 18.4. The number of hydrogen-bond acceptors (Lipinski definition) is 8. The standard InChI is InChI=1S/C20H18N2O5S/c1-3-24-16-6-4-13(12(2)23)8-15(16)10-28-20-22-21-19(27-20)14-5-7-17-18(9-14)26-11-25-17/h4-9H,3,10-11H2,1-2H3. The molecule has 0 N–H and O–H groups in total. The molecule has 1 aromatic heterocycles. The Morgan fingerprint density at radius 2 is 2.00 bits per heavy atom. The van der Waals surface area contributed by atoms with Gasteiger partial charge in [0.1, 0.15) is 5.75 Å². The van der Waals surface area contributed by atoms with E-state index in [4.69, 9.17) is 18.6 Å². The third-order valence-corrected chi connectivity index (χ3v) is 5.01. The van der Waals surface area contributed by atoms with E-state index in [-0.39, 0.29) is 12.6 Å². The number of carbonyl (C=O) groups is 1. The summed E-state index contributed by atoms with van der Waals surface area (Å²) in [6.07, 6.45) is 0. The van der Waals surface area contributed by atoms with Crippen LogP contribution < -0.4 is 14.2 Å². The van der Waals surface area contributed by atoms with E-state index in [0.717, 1.165) is 16.9 Å². The summed E-state index contributed by atoms with van der Waals surface area (Å²) in [6, 6.07) is 10.9. The zero-order valence-electron chi connectivity index (χ0n) is 15.4. The Bertz CT molecular complexity index is 1020. The van der Waals surface area contributed by atoms with Gasteiger partial charge in [0.25, 0.3) is 5.22 Å². The van der Waals surface area contributed by atoms with Crippen LogP contribution in [-0.2, 0) is 5.75 Å². The third-order valence-electron chi connectivity index (χ3n) is 4.14. The Kier molecular flexibility index (Phi) is 5.21. The highest BCUT2D eigenvalue weighted by Crippen LogP contribution is 2.36. The van der Waals surface area contributed by atoms with Crippen molar-refractivity contribution in [3.63, 3.8) is 0 Å². The number of hydrogen-bond donors (Lipinski definition) is 0. The van der Waals surface area contributed by atoms with Gasteiger partial charge in [0.15, 0.2) is 17.3 Å². The maximum absolute atomic E-state index is 11.7. The van der Waals surface area contributed by atoms with Crippen molar-refractivity contribution in [3.05, 3.63) is 47.5 Å². The molecule has 0 radical (unpaired) electrons. The summed E-state index contributed by atoms with van der Waals surface area (Å²) in [4.78, 5) is 11.7. The lowest BCUT2D eigenvalue weighted by atomic mass is 10.1. The van der Waals surface area contributed by atoms with Gasteiger partial charge >= 0.3 is 0 Å². The molecule has 0 bridgehead atoms. The second-order valence-electron chi connectivity index (χ2n) is 6.04. The number of fused-ring (bicyclic) bond motifs is 1. The summed E-state index contributed by atoms with van der Waals surface area (Å²) >= 11 is 1.39. The number of thioether (sulfide) groups is 1. The molecular formula is C20H18N2O5S. The average Bonchev–Trinajstić information content (AvgIpc) is 3.36. The second kappa shape index (κ2) is 7.93. The number of Topliss-reactive ketones (excluding diaryl/α,β-unsaturated/α-hetero) is 1. The predicted molar refractivity (Wildman–Crippen MR) is 103 cm³/mol. The summed E-state index contributed by atoms with van der Waals surface area (Å²) in [5.41, 5.74) is 2.31. The zero-order chi connectivity index (χ0) is 19.5. The molecule has 0 saturated carbocycles. The highest BCUT2D eigenvalue weighted by molar-refractivity contribution is 7.98. The Hall–Kier alpha value is -3.00. The van der Waals surface area contributed by atoms with Crippen LogP contribution in [0.4, 0.5) is 0 Å². The van der Waals surface area contributed by atoms with Crippen LogP contribution in [0.3, 0.4) is 0 Å². The Morgan fingerprint density at radius 3 is 2.82 bits per heavy atom. The number of aromatic nitrogens is 2. The molecule has 2 heterocycles. The third kappa shape index (κ3) is 3.82. The van der Waals surface area contributed by atoms with Crippen LogP contribution in [0, 0.1) is 0 Å². The molecule has 3 aromatic rings. The van der Waals surface area contributed by atoms with Crippen LogP contribution in [0.2, 0.25) is 0 Å². The van der Waals surface area contributed by atoms with Crippen molar-refractivity contribution in [2.75, 3.05) is 13.4 Å². The van der Waals surface area contributed by atoms with Gasteiger partial charge < -0.3 is 18.6 Å². The maximum atomic E-state index is 11.7. The number of ketones is 1. The summed E-state index contributed by atoms with van der Waals surface area (Å²) in [5, 5.41) is 8.64. The smallest absolute Gasteiger partial charge is 0.277 e. The first-order chi connectivity index (χ1) is 13.6. The van der Waals surface area contributed by atoms with Crippen molar-refractivity contribution in [1.82, 2.24) is 10.2 Å². The van der Waals surface area contributed by atoms with E-state index in [1.807, 2.05) is 37.3 Å². The van der Waals surface area contributed by atoms with Gasteiger partial charge in [-0.2, -0.15) is 0 Å². The van der Waals surface area contributed by atoms with Gasteiger partial charge in [-0.15, -0.1) is 10.2 Å². The van der Waals surface area contributed by atoms with Crippen molar-refractivity contribution in [2.45, 2.75) is 24.8 Å². The molecule has 8 heteroatoms. The summed E-state index contributed by atoms with van der Waals surface area (Å²) in [6.45, 7) is 4.23. The van der Waals surface area contributed by atoms with E-state index in [2.05, 4.69) is 10.2 Å². The zero-order valence-corrected chi connectivity index (χ0v) is 16.2. The number of carbonyl (C=O) groups excluding carboxylic acids is 1. The van der Waals surface area contributed by atoms with Gasteiger partial charge in [0.2, 0.25) is 12.7 Å². The summed E-state index contributed by atoms with van der Waals surface area (Å²) in [5.74, 6) is 3.06. The molecule has 0 unspecified atom stereocenters. The molecule has 7 nitrogen and oxygen atoms in total. The molecule has 4 rings (SSSR count). The highest BCUT2D eigenvalue weighted by Gasteiger charge is 2.17. The van der Waals surface area contributed by atoms with Crippen LogP contribution in [0.5, 0.6) is 17.2 Å². The van der Waals surface area contributed by atoms with Gasteiger partial charge in [0, 0.05) is 22.4 Å².